The topological polar surface area (TPSA) is 74.8 Å². The van der Waals surface area contributed by atoms with Crippen molar-refractivity contribution >= 4 is 51.9 Å². The van der Waals surface area contributed by atoms with Gasteiger partial charge in [0.2, 0.25) is 5.91 Å². The molecule has 0 bridgehead atoms. The summed E-state index contributed by atoms with van der Waals surface area (Å²) in [4.78, 5) is 32.6. The summed E-state index contributed by atoms with van der Waals surface area (Å²) in [6.45, 7) is 6.06. The summed E-state index contributed by atoms with van der Waals surface area (Å²) in [5.41, 5.74) is 2.98. The molecule has 1 aromatic carbocycles. The fraction of sp³-hybridized carbons (Fsp3) is 0.300. The number of aromatic nitrogens is 1. The zero-order valence-electron chi connectivity index (χ0n) is 15.7. The van der Waals surface area contributed by atoms with E-state index in [-0.39, 0.29) is 16.7 Å². The fourth-order valence-corrected chi connectivity index (χ4v) is 3.77. The van der Waals surface area contributed by atoms with Crippen molar-refractivity contribution in [3.8, 4) is 0 Å². The van der Waals surface area contributed by atoms with Crippen LogP contribution in [0, 0.1) is 6.92 Å². The van der Waals surface area contributed by atoms with Crippen LogP contribution in [-0.2, 0) is 14.3 Å². The number of benzene rings is 1. The number of amides is 2. The number of hydrogen-bond donors (Lipinski definition) is 1. The number of pyridine rings is 1. The Morgan fingerprint density at radius 1 is 1.29 bits per heavy atom. The minimum absolute atomic E-state index is 0.0984. The van der Waals surface area contributed by atoms with Gasteiger partial charge in [0.05, 0.1) is 18.7 Å². The number of thiocarbonyl (C=S) groups is 1. The summed E-state index contributed by atoms with van der Waals surface area (Å²) in [5.74, 6) is 0.0610. The van der Waals surface area contributed by atoms with Crippen LogP contribution in [0.25, 0.3) is 17.0 Å². The first-order valence-corrected chi connectivity index (χ1v) is 9.46. The van der Waals surface area contributed by atoms with Crippen molar-refractivity contribution in [1.29, 1.82) is 0 Å². The van der Waals surface area contributed by atoms with Crippen molar-refractivity contribution in [2.24, 2.45) is 0 Å². The molecule has 2 aliphatic rings. The van der Waals surface area contributed by atoms with Crippen LogP contribution in [-0.4, -0.2) is 53.1 Å². The van der Waals surface area contributed by atoms with E-state index in [1.54, 1.807) is 6.08 Å². The molecule has 2 aromatic rings. The van der Waals surface area contributed by atoms with Crippen molar-refractivity contribution in [2.75, 3.05) is 31.2 Å². The third-order valence-corrected chi connectivity index (χ3v) is 5.08. The number of aryl methyl sites for hydroxylation is 1. The SMILES string of the molecule is CC(=O)N1C(=S)NC(=O)/C1=C/c1cc2cc(C)ccc2nc1N1CCOCC1. The van der Waals surface area contributed by atoms with Gasteiger partial charge in [0.15, 0.2) is 5.11 Å². The molecule has 3 heterocycles. The minimum atomic E-state index is -0.391. The van der Waals surface area contributed by atoms with Crippen molar-refractivity contribution in [3.63, 3.8) is 0 Å². The maximum Gasteiger partial charge on any atom is 0.274 e. The highest BCUT2D eigenvalue weighted by atomic mass is 32.1. The fourth-order valence-electron chi connectivity index (χ4n) is 3.45. The molecule has 8 heteroatoms. The number of morpholine rings is 1. The number of anilines is 1. The molecule has 0 spiro atoms. The van der Waals surface area contributed by atoms with Crippen LogP contribution in [0.15, 0.2) is 30.0 Å². The molecule has 1 N–H and O–H groups in total. The van der Waals surface area contributed by atoms with Crippen LogP contribution >= 0.6 is 12.2 Å². The second kappa shape index (κ2) is 7.29. The van der Waals surface area contributed by atoms with Crippen LogP contribution in [0.1, 0.15) is 18.1 Å². The van der Waals surface area contributed by atoms with E-state index in [0.29, 0.717) is 26.3 Å². The van der Waals surface area contributed by atoms with Gasteiger partial charge in [0.1, 0.15) is 11.5 Å². The lowest BCUT2D eigenvalue weighted by atomic mass is 10.1. The summed E-state index contributed by atoms with van der Waals surface area (Å²) in [7, 11) is 0. The van der Waals surface area contributed by atoms with Crippen molar-refractivity contribution in [2.45, 2.75) is 13.8 Å². The molecular weight excluding hydrogens is 376 g/mol. The Bertz CT molecular complexity index is 1030. The Labute approximate surface area is 168 Å². The monoisotopic (exact) mass is 396 g/mol. The number of rotatable bonds is 2. The number of carbonyl (C=O) groups is 2. The Kier molecular flexibility index (Phi) is 4.82. The van der Waals surface area contributed by atoms with Gasteiger partial charge in [0.25, 0.3) is 5.91 Å². The van der Waals surface area contributed by atoms with Gasteiger partial charge in [-0.25, -0.2) is 4.98 Å². The van der Waals surface area contributed by atoms with Crippen LogP contribution in [0.4, 0.5) is 5.82 Å². The van der Waals surface area contributed by atoms with Gasteiger partial charge in [-0.3, -0.25) is 19.8 Å². The minimum Gasteiger partial charge on any atom is -0.378 e. The molecule has 0 atom stereocenters. The van der Waals surface area contributed by atoms with Gasteiger partial charge >= 0.3 is 0 Å². The predicted octanol–water partition coefficient (Wildman–Crippen LogP) is 1.98. The maximum atomic E-state index is 12.4. The smallest absolute Gasteiger partial charge is 0.274 e. The Balaban J connectivity index is 1.89. The van der Waals surface area contributed by atoms with E-state index in [2.05, 4.69) is 16.3 Å². The zero-order chi connectivity index (χ0) is 19.8. The molecule has 144 valence electrons. The molecule has 2 amide bonds. The van der Waals surface area contributed by atoms with Crippen LogP contribution in [0.2, 0.25) is 0 Å². The highest BCUT2D eigenvalue weighted by Crippen LogP contribution is 2.28. The molecule has 7 nitrogen and oxygen atoms in total. The number of carbonyl (C=O) groups excluding carboxylic acids is 2. The molecule has 0 saturated carbocycles. The van der Waals surface area contributed by atoms with Crippen LogP contribution in [0.3, 0.4) is 0 Å². The second-order valence-corrected chi connectivity index (χ2v) is 7.23. The van der Waals surface area contributed by atoms with E-state index in [9.17, 15) is 9.59 Å². The predicted molar refractivity (Wildman–Crippen MR) is 111 cm³/mol. The lowest BCUT2D eigenvalue weighted by Crippen LogP contribution is -2.37. The highest BCUT2D eigenvalue weighted by Gasteiger charge is 2.33. The largest absolute Gasteiger partial charge is 0.378 e. The van der Waals surface area contributed by atoms with Gasteiger partial charge in [-0.05, 0) is 43.4 Å². The van der Waals surface area contributed by atoms with Crippen LogP contribution in [0.5, 0.6) is 0 Å². The molecule has 4 rings (SSSR count). The molecule has 0 aliphatic carbocycles. The van der Waals surface area contributed by atoms with Crippen LogP contribution < -0.4 is 10.2 Å². The molecule has 0 unspecified atom stereocenters. The number of nitrogens with one attached hydrogen (secondary N) is 1. The van der Waals surface area contributed by atoms with Crippen molar-refractivity contribution in [1.82, 2.24) is 15.2 Å². The van der Waals surface area contributed by atoms with Crippen molar-refractivity contribution in [3.05, 3.63) is 41.1 Å². The summed E-state index contributed by atoms with van der Waals surface area (Å²) in [6, 6.07) is 8.07. The zero-order valence-corrected chi connectivity index (χ0v) is 16.5. The van der Waals surface area contributed by atoms with Crippen molar-refractivity contribution < 1.29 is 14.3 Å². The van der Waals surface area contributed by atoms with Gasteiger partial charge < -0.3 is 9.64 Å². The Hall–Kier alpha value is -2.84. The second-order valence-electron chi connectivity index (χ2n) is 6.84. The molecule has 0 radical (unpaired) electrons. The average Bonchev–Trinajstić information content (AvgIpc) is 2.95. The van der Waals surface area contributed by atoms with E-state index in [4.69, 9.17) is 21.9 Å². The first kappa shape index (κ1) is 18.5. The highest BCUT2D eigenvalue weighted by molar-refractivity contribution is 7.80. The molecule has 2 fully saturated rings. The standard InChI is InChI=1S/C20H20N4O3S/c1-12-3-4-16-14(9-12)10-15(18(21-16)23-5-7-27-8-6-23)11-17-19(26)22-20(28)24(17)13(2)25/h3-4,9-11H,5-8H2,1-2H3,(H,22,26,28)/b17-11-. The average molecular weight is 396 g/mol. The first-order chi connectivity index (χ1) is 13.4. The Morgan fingerprint density at radius 2 is 2.04 bits per heavy atom. The molecule has 28 heavy (non-hydrogen) atoms. The summed E-state index contributed by atoms with van der Waals surface area (Å²) in [5, 5.41) is 3.61. The number of fused-ring (bicyclic) bond motifs is 1. The molecular formula is C20H20N4O3S. The van der Waals surface area contributed by atoms with Gasteiger partial charge in [-0.2, -0.15) is 0 Å². The van der Waals surface area contributed by atoms with E-state index < -0.39 is 5.91 Å². The molecule has 2 saturated heterocycles. The summed E-state index contributed by atoms with van der Waals surface area (Å²) in [6.07, 6.45) is 1.69. The van der Waals surface area contributed by atoms with Gasteiger partial charge in [-0.1, -0.05) is 11.6 Å². The summed E-state index contributed by atoms with van der Waals surface area (Å²) < 4.78 is 5.46. The number of nitrogens with zero attached hydrogens (tertiary/aromatic N) is 3. The van der Waals surface area contributed by atoms with E-state index in [1.165, 1.54) is 11.8 Å². The maximum absolute atomic E-state index is 12.4. The number of ether oxygens (including phenoxy) is 1. The Morgan fingerprint density at radius 3 is 2.75 bits per heavy atom. The molecule has 1 aromatic heterocycles. The first-order valence-electron chi connectivity index (χ1n) is 9.06. The summed E-state index contributed by atoms with van der Waals surface area (Å²) >= 11 is 5.13. The van der Waals surface area contributed by atoms with E-state index in [1.807, 2.05) is 25.1 Å². The molecule has 2 aliphatic heterocycles. The lowest BCUT2D eigenvalue weighted by Gasteiger charge is -2.29. The third kappa shape index (κ3) is 3.36. The number of hydrogen-bond acceptors (Lipinski definition) is 6. The van der Waals surface area contributed by atoms with E-state index in [0.717, 1.165) is 27.8 Å². The van der Waals surface area contributed by atoms with E-state index >= 15 is 0 Å². The normalized spacial score (nSPS) is 18.9. The quantitative estimate of drug-likeness (QED) is 0.618. The van der Waals surface area contributed by atoms with Gasteiger partial charge in [-0.15, -0.1) is 0 Å². The lowest BCUT2D eigenvalue weighted by molar-refractivity contribution is -0.125. The third-order valence-electron chi connectivity index (χ3n) is 4.79. The van der Waals surface area contributed by atoms with Gasteiger partial charge in [0, 0.05) is 31.0 Å².